The zero-order chi connectivity index (χ0) is 13.1. The van der Waals surface area contributed by atoms with Crippen molar-refractivity contribution in [3.8, 4) is 0 Å². The molecule has 0 spiro atoms. The maximum atomic E-state index is 10.9. The van der Waals surface area contributed by atoms with Crippen molar-refractivity contribution in [1.82, 2.24) is 15.1 Å². The van der Waals surface area contributed by atoms with Gasteiger partial charge in [0.05, 0.1) is 17.8 Å². The summed E-state index contributed by atoms with van der Waals surface area (Å²) in [7, 11) is 0. The van der Waals surface area contributed by atoms with Crippen LogP contribution >= 0.6 is 11.6 Å². The molecule has 0 saturated heterocycles. The van der Waals surface area contributed by atoms with Crippen LogP contribution in [0.15, 0.2) is 10.6 Å². The fourth-order valence-corrected chi connectivity index (χ4v) is 1.71. The van der Waals surface area contributed by atoms with Gasteiger partial charge in [0.25, 0.3) is 0 Å². The number of aryl methyl sites for hydroxylation is 2. The molecule has 0 radical (unpaired) electrons. The number of halogens is 1. The highest BCUT2D eigenvalue weighted by Crippen LogP contribution is 2.19. The average molecular weight is 267 g/mol. The molecule has 0 unspecified atom stereocenters. The first-order chi connectivity index (χ1) is 8.60. The summed E-state index contributed by atoms with van der Waals surface area (Å²) in [6, 6.07) is 1.79. The third-order valence-corrected chi connectivity index (χ3v) is 2.52. The lowest BCUT2D eigenvalue weighted by atomic mass is 10.3. The van der Waals surface area contributed by atoms with Crippen LogP contribution in [0.2, 0.25) is 5.15 Å². The lowest BCUT2D eigenvalue weighted by molar-refractivity contribution is 0.112. The molecule has 0 atom stereocenters. The summed E-state index contributed by atoms with van der Waals surface area (Å²) in [6.07, 6.45) is 0.621. The van der Waals surface area contributed by atoms with E-state index in [-0.39, 0.29) is 10.7 Å². The van der Waals surface area contributed by atoms with Crippen LogP contribution in [0.4, 0.5) is 5.82 Å². The second kappa shape index (κ2) is 5.14. The van der Waals surface area contributed by atoms with Gasteiger partial charge in [0.1, 0.15) is 16.8 Å². The van der Waals surface area contributed by atoms with Gasteiger partial charge in [-0.3, -0.25) is 4.79 Å². The maximum absolute atomic E-state index is 10.9. The van der Waals surface area contributed by atoms with E-state index in [1.54, 1.807) is 13.0 Å². The Balaban J connectivity index is 2.20. The molecule has 94 valence electrons. The zero-order valence-corrected chi connectivity index (χ0v) is 10.7. The van der Waals surface area contributed by atoms with E-state index in [1.807, 2.05) is 6.92 Å². The fourth-order valence-electron chi connectivity index (χ4n) is 1.46. The molecule has 0 aromatic carbocycles. The molecule has 0 aliphatic heterocycles. The zero-order valence-electron chi connectivity index (χ0n) is 9.90. The van der Waals surface area contributed by atoms with Crippen LogP contribution in [0.5, 0.6) is 0 Å². The Morgan fingerprint density at radius 1 is 1.44 bits per heavy atom. The van der Waals surface area contributed by atoms with Gasteiger partial charge in [-0.1, -0.05) is 16.8 Å². The first kappa shape index (κ1) is 12.5. The number of carbonyl (C=O) groups is 1. The highest BCUT2D eigenvalue weighted by molar-refractivity contribution is 6.32. The van der Waals surface area contributed by atoms with E-state index in [9.17, 15) is 4.79 Å². The number of aldehydes is 1. The molecule has 1 N–H and O–H groups in total. The van der Waals surface area contributed by atoms with E-state index in [2.05, 4.69) is 20.4 Å². The van der Waals surface area contributed by atoms with Gasteiger partial charge < -0.3 is 9.84 Å². The molecular weight excluding hydrogens is 256 g/mol. The number of aromatic nitrogens is 3. The second-order valence-electron chi connectivity index (χ2n) is 3.73. The van der Waals surface area contributed by atoms with Crippen LogP contribution < -0.4 is 5.32 Å². The van der Waals surface area contributed by atoms with Gasteiger partial charge in [0.15, 0.2) is 12.0 Å². The van der Waals surface area contributed by atoms with E-state index in [0.717, 1.165) is 5.69 Å². The number of hydrogen-bond donors (Lipinski definition) is 1. The monoisotopic (exact) mass is 266 g/mol. The molecule has 18 heavy (non-hydrogen) atoms. The van der Waals surface area contributed by atoms with E-state index in [0.29, 0.717) is 30.2 Å². The third kappa shape index (κ3) is 2.65. The Hall–Kier alpha value is -1.95. The highest BCUT2D eigenvalue weighted by Gasteiger charge is 2.11. The van der Waals surface area contributed by atoms with Crippen LogP contribution in [-0.2, 0) is 6.54 Å². The smallest absolute Gasteiger partial charge is 0.156 e. The lowest BCUT2D eigenvalue weighted by Crippen LogP contribution is -2.07. The van der Waals surface area contributed by atoms with Crippen molar-refractivity contribution in [2.75, 3.05) is 5.32 Å². The summed E-state index contributed by atoms with van der Waals surface area (Å²) in [5, 5.41) is 6.87. The van der Waals surface area contributed by atoms with Crippen molar-refractivity contribution in [3.05, 3.63) is 34.1 Å². The van der Waals surface area contributed by atoms with Crippen molar-refractivity contribution >= 4 is 23.7 Å². The van der Waals surface area contributed by atoms with Gasteiger partial charge in [-0.2, -0.15) is 0 Å². The number of carbonyl (C=O) groups excluding carboxylic acids is 1. The number of hydrogen-bond acceptors (Lipinski definition) is 6. The van der Waals surface area contributed by atoms with Crippen LogP contribution in [0.1, 0.15) is 27.6 Å². The Morgan fingerprint density at radius 3 is 2.83 bits per heavy atom. The van der Waals surface area contributed by atoms with Crippen molar-refractivity contribution < 1.29 is 9.32 Å². The molecule has 0 amide bonds. The molecule has 0 bridgehead atoms. The lowest BCUT2D eigenvalue weighted by Gasteiger charge is -2.07. The summed E-state index contributed by atoms with van der Waals surface area (Å²) in [6.45, 7) is 3.90. The largest absolute Gasteiger partial charge is 0.362 e. The van der Waals surface area contributed by atoms with Gasteiger partial charge in [-0.15, -0.1) is 0 Å². The molecular formula is C11H11ClN4O2. The van der Waals surface area contributed by atoms with Crippen molar-refractivity contribution in [2.45, 2.75) is 20.4 Å². The SMILES string of the molecule is Cc1cc(CNc2nc(C)nc(Cl)c2C=O)on1. The summed E-state index contributed by atoms with van der Waals surface area (Å²) in [4.78, 5) is 19.0. The fraction of sp³-hybridized carbons (Fsp3) is 0.273. The van der Waals surface area contributed by atoms with E-state index < -0.39 is 0 Å². The normalized spacial score (nSPS) is 10.4. The average Bonchev–Trinajstić information content (AvgIpc) is 2.72. The number of rotatable bonds is 4. The molecule has 2 heterocycles. The molecule has 0 saturated carbocycles. The number of nitrogens with one attached hydrogen (secondary N) is 1. The predicted octanol–water partition coefficient (Wildman–Crippen LogP) is 2.16. The van der Waals surface area contributed by atoms with Gasteiger partial charge >= 0.3 is 0 Å². The van der Waals surface area contributed by atoms with Crippen LogP contribution in [0.3, 0.4) is 0 Å². The van der Waals surface area contributed by atoms with Gasteiger partial charge in [-0.05, 0) is 13.8 Å². The topological polar surface area (TPSA) is 80.9 Å². The number of nitrogens with zero attached hydrogens (tertiary/aromatic N) is 3. The van der Waals surface area contributed by atoms with E-state index in [1.165, 1.54) is 0 Å². The summed E-state index contributed by atoms with van der Waals surface area (Å²) >= 11 is 5.86. The minimum Gasteiger partial charge on any atom is -0.362 e. The molecule has 0 fully saturated rings. The van der Waals surface area contributed by atoms with E-state index in [4.69, 9.17) is 16.1 Å². The standard InChI is InChI=1S/C11H11ClN4O2/c1-6-3-8(18-16-6)4-13-11-9(5-17)10(12)14-7(2)15-11/h3,5H,4H2,1-2H3,(H,13,14,15). The van der Waals surface area contributed by atoms with Gasteiger partial charge in [-0.25, -0.2) is 9.97 Å². The first-order valence-electron chi connectivity index (χ1n) is 5.25. The predicted molar refractivity (Wildman–Crippen MR) is 65.7 cm³/mol. The Bertz CT molecular complexity index is 582. The highest BCUT2D eigenvalue weighted by atomic mass is 35.5. The molecule has 7 heteroatoms. The molecule has 2 aromatic rings. The van der Waals surface area contributed by atoms with Gasteiger partial charge in [0, 0.05) is 6.07 Å². The van der Waals surface area contributed by atoms with Crippen LogP contribution in [-0.4, -0.2) is 21.4 Å². The molecule has 2 rings (SSSR count). The van der Waals surface area contributed by atoms with Crippen molar-refractivity contribution in [1.29, 1.82) is 0 Å². The van der Waals surface area contributed by atoms with Crippen molar-refractivity contribution in [2.24, 2.45) is 0 Å². The third-order valence-electron chi connectivity index (χ3n) is 2.24. The van der Waals surface area contributed by atoms with Crippen molar-refractivity contribution in [3.63, 3.8) is 0 Å². The number of anilines is 1. The Kier molecular flexibility index (Phi) is 3.57. The minimum absolute atomic E-state index is 0.133. The van der Waals surface area contributed by atoms with Crippen LogP contribution in [0.25, 0.3) is 0 Å². The molecule has 6 nitrogen and oxygen atoms in total. The molecule has 0 aliphatic rings. The summed E-state index contributed by atoms with van der Waals surface area (Å²) in [5.74, 6) is 1.52. The molecule has 0 aliphatic carbocycles. The Labute approximate surface area is 108 Å². The Morgan fingerprint density at radius 2 is 2.22 bits per heavy atom. The summed E-state index contributed by atoms with van der Waals surface area (Å²) in [5.41, 5.74) is 1.03. The summed E-state index contributed by atoms with van der Waals surface area (Å²) < 4.78 is 5.04. The van der Waals surface area contributed by atoms with Gasteiger partial charge in [0.2, 0.25) is 0 Å². The quantitative estimate of drug-likeness (QED) is 0.675. The van der Waals surface area contributed by atoms with Crippen LogP contribution in [0, 0.1) is 13.8 Å². The second-order valence-corrected chi connectivity index (χ2v) is 4.09. The minimum atomic E-state index is 0.133. The first-order valence-corrected chi connectivity index (χ1v) is 5.63. The maximum Gasteiger partial charge on any atom is 0.156 e. The molecule has 2 aromatic heterocycles. The van der Waals surface area contributed by atoms with E-state index >= 15 is 0 Å².